The molecule has 2 unspecified atom stereocenters. The molecule has 0 bridgehead atoms. The lowest BCUT2D eigenvalue weighted by Gasteiger charge is -2.26. The van der Waals surface area contributed by atoms with Crippen molar-refractivity contribution in [2.45, 2.75) is 33.2 Å². The predicted octanol–water partition coefficient (Wildman–Crippen LogP) is 1.64. The second-order valence-corrected chi connectivity index (χ2v) is 5.49. The highest BCUT2D eigenvalue weighted by Crippen LogP contribution is 2.38. The van der Waals surface area contributed by atoms with Gasteiger partial charge in [0.25, 0.3) is 0 Å². The maximum atomic E-state index is 4.57. The van der Waals surface area contributed by atoms with E-state index < -0.39 is 0 Å². The van der Waals surface area contributed by atoms with Crippen LogP contribution in [-0.2, 0) is 7.05 Å². The summed E-state index contributed by atoms with van der Waals surface area (Å²) in [5, 5.41) is 8.08. The van der Waals surface area contributed by atoms with Crippen molar-refractivity contribution in [2.24, 2.45) is 13.0 Å². The molecule has 4 heteroatoms. The Bertz CT molecular complexity index is 410. The first-order valence-electron chi connectivity index (χ1n) is 6.97. The summed E-state index contributed by atoms with van der Waals surface area (Å²) >= 11 is 0. The number of hydrogen-bond donors (Lipinski definition) is 1. The number of likely N-dealkylation sites (tertiary alicyclic amines) is 1. The van der Waals surface area contributed by atoms with Crippen molar-refractivity contribution in [3.63, 3.8) is 0 Å². The molecule has 1 aliphatic rings. The fourth-order valence-corrected chi connectivity index (χ4v) is 3.24. The largest absolute Gasteiger partial charge is 0.317 e. The van der Waals surface area contributed by atoms with Gasteiger partial charge in [0.2, 0.25) is 0 Å². The van der Waals surface area contributed by atoms with Gasteiger partial charge in [0.05, 0.1) is 5.69 Å². The van der Waals surface area contributed by atoms with E-state index in [0.717, 1.165) is 13.1 Å². The van der Waals surface area contributed by atoms with E-state index in [-0.39, 0.29) is 0 Å². The second kappa shape index (κ2) is 5.41. The maximum Gasteiger partial charge on any atom is 0.0644 e. The van der Waals surface area contributed by atoms with Gasteiger partial charge in [-0.15, -0.1) is 0 Å². The van der Waals surface area contributed by atoms with E-state index in [1.807, 2.05) is 11.7 Å². The minimum Gasteiger partial charge on any atom is -0.317 e. The minimum absolute atomic E-state index is 0.526. The summed E-state index contributed by atoms with van der Waals surface area (Å²) in [5.74, 6) is 0.705. The average molecular weight is 250 g/mol. The van der Waals surface area contributed by atoms with Gasteiger partial charge in [0.15, 0.2) is 0 Å². The van der Waals surface area contributed by atoms with Crippen LogP contribution in [0.15, 0.2) is 0 Å². The SMILES string of the molecule is CCNCC1CCN(C)C1c1c(C)nn(C)c1C. The third-order valence-electron chi connectivity index (χ3n) is 4.29. The molecule has 2 heterocycles. The Hall–Kier alpha value is -0.870. The van der Waals surface area contributed by atoms with E-state index in [4.69, 9.17) is 0 Å². The van der Waals surface area contributed by atoms with Crippen LogP contribution in [-0.4, -0.2) is 41.4 Å². The zero-order valence-corrected chi connectivity index (χ0v) is 12.3. The molecule has 1 aliphatic heterocycles. The Balaban J connectivity index is 2.28. The molecule has 0 aliphatic carbocycles. The molecule has 0 spiro atoms. The Morgan fingerprint density at radius 1 is 1.33 bits per heavy atom. The van der Waals surface area contributed by atoms with Gasteiger partial charge in [-0.2, -0.15) is 5.10 Å². The summed E-state index contributed by atoms with van der Waals surface area (Å²) in [6.07, 6.45) is 1.28. The summed E-state index contributed by atoms with van der Waals surface area (Å²) in [5.41, 5.74) is 3.95. The third kappa shape index (κ3) is 2.31. The van der Waals surface area contributed by atoms with E-state index in [1.165, 1.54) is 29.9 Å². The van der Waals surface area contributed by atoms with Gasteiger partial charge in [-0.3, -0.25) is 9.58 Å². The van der Waals surface area contributed by atoms with E-state index in [1.54, 1.807) is 0 Å². The van der Waals surface area contributed by atoms with Gasteiger partial charge in [0, 0.05) is 24.3 Å². The number of aryl methyl sites for hydroxylation is 2. The Morgan fingerprint density at radius 3 is 2.61 bits per heavy atom. The van der Waals surface area contributed by atoms with Crippen LogP contribution < -0.4 is 5.32 Å². The van der Waals surface area contributed by atoms with Crippen LogP contribution in [0.5, 0.6) is 0 Å². The third-order valence-corrected chi connectivity index (χ3v) is 4.29. The first-order valence-corrected chi connectivity index (χ1v) is 6.97. The van der Waals surface area contributed by atoms with Crippen molar-refractivity contribution in [1.29, 1.82) is 0 Å². The lowest BCUT2D eigenvalue weighted by Crippen LogP contribution is -2.29. The molecule has 1 aromatic heterocycles. The molecule has 18 heavy (non-hydrogen) atoms. The molecule has 1 fully saturated rings. The van der Waals surface area contributed by atoms with Crippen LogP contribution in [0.2, 0.25) is 0 Å². The Kier molecular flexibility index (Phi) is 4.07. The number of nitrogens with zero attached hydrogens (tertiary/aromatic N) is 3. The average Bonchev–Trinajstić information content (AvgIpc) is 2.79. The molecule has 102 valence electrons. The molecule has 1 aromatic rings. The molecule has 1 N–H and O–H groups in total. The molecular formula is C14H26N4. The number of rotatable bonds is 4. The molecule has 2 atom stereocenters. The predicted molar refractivity (Wildman–Crippen MR) is 74.7 cm³/mol. The van der Waals surface area contributed by atoms with Gasteiger partial charge in [0.1, 0.15) is 0 Å². The zero-order chi connectivity index (χ0) is 13.3. The van der Waals surface area contributed by atoms with Crippen molar-refractivity contribution in [1.82, 2.24) is 20.0 Å². The van der Waals surface area contributed by atoms with Crippen molar-refractivity contribution in [3.8, 4) is 0 Å². The topological polar surface area (TPSA) is 33.1 Å². The van der Waals surface area contributed by atoms with Crippen molar-refractivity contribution < 1.29 is 0 Å². The van der Waals surface area contributed by atoms with Gasteiger partial charge in [-0.1, -0.05) is 6.92 Å². The standard InChI is InChI=1S/C14H26N4/c1-6-15-9-12-7-8-17(4)14(12)13-10(2)16-18(5)11(13)3/h12,14-15H,6-9H2,1-5H3. The first-order chi connectivity index (χ1) is 8.56. The van der Waals surface area contributed by atoms with E-state index in [0.29, 0.717) is 12.0 Å². The van der Waals surface area contributed by atoms with E-state index in [2.05, 4.69) is 43.1 Å². The van der Waals surface area contributed by atoms with Crippen LogP contribution in [0.3, 0.4) is 0 Å². The molecule has 0 amide bonds. The monoisotopic (exact) mass is 250 g/mol. The van der Waals surface area contributed by atoms with E-state index >= 15 is 0 Å². The quantitative estimate of drug-likeness (QED) is 0.882. The van der Waals surface area contributed by atoms with Crippen LogP contribution in [0.1, 0.15) is 36.3 Å². The van der Waals surface area contributed by atoms with Crippen LogP contribution in [0, 0.1) is 19.8 Å². The van der Waals surface area contributed by atoms with Gasteiger partial charge >= 0.3 is 0 Å². The molecule has 0 saturated carbocycles. The van der Waals surface area contributed by atoms with Crippen molar-refractivity contribution in [3.05, 3.63) is 17.0 Å². The Morgan fingerprint density at radius 2 is 2.06 bits per heavy atom. The van der Waals surface area contributed by atoms with Gasteiger partial charge in [-0.05, 0) is 52.9 Å². The van der Waals surface area contributed by atoms with Gasteiger partial charge < -0.3 is 5.32 Å². The summed E-state index contributed by atoms with van der Waals surface area (Å²) in [6.45, 7) is 9.85. The fourth-order valence-electron chi connectivity index (χ4n) is 3.24. The molecule has 2 rings (SSSR count). The zero-order valence-electron chi connectivity index (χ0n) is 12.3. The lowest BCUT2D eigenvalue weighted by molar-refractivity contribution is 0.271. The van der Waals surface area contributed by atoms with Crippen LogP contribution in [0.4, 0.5) is 0 Å². The molecule has 0 radical (unpaired) electrons. The van der Waals surface area contributed by atoms with Crippen molar-refractivity contribution >= 4 is 0 Å². The molecule has 0 aromatic carbocycles. The number of hydrogen-bond acceptors (Lipinski definition) is 3. The summed E-state index contributed by atoms with van der Waals surface area (Å²) in [4.78, 5) is 2.49. The minimum atomic E-state index is 0.526. The Labute approximate surface area is 110 Å². The maximum absolute atomic E-state index is 4.57. The fraction of sp³-hybridized carbons (Fsp3) is 0.786. The number of aromatic nitrogens is 2. The molecular weight excluding hydrogens is 224 g/mol. The smallest absolute Gasteiger partial charge is 0.0644 e. The highest BCUT2D eigenvalue weighted by molar-refractivity contribution is 5.29. The first kappa shape index (κ1) is 13.6. The van der Waals surface area contributed by atoms with Crippen molar-refractivity contribution in [2.75, 3.05) is 26.7 Å². The van der Waals surface area contributed by atoms with Crippen LogP contribution in [0.25, 0.3) is 0 Å². The second-order valence-electron chi connectivity index (χ2n) is 5.49. The summed E-state index contributed by atoms with van der Waals surface area (Å²) in [6, 6.07) is 0.526. The van der Waals surface area contributed by atoms with Gasteiger partial charge in [-0.25, -0.2) is 0 Å². The highest BCUT2D eigenvalue weighted by Gasteiger charge is 2.35. The lowest BCUT2D eigenvalue weighted by atomic mass is 9.92. The summed E-state index contributed by atoms with van der Waals surface area (Å²) in [7, 11) is 4.28. The summed E-state index contributed by atoms with van der Waals surface area (Å²) < 4.78 is 2.02. The van der Waals surface area contributed by atoms with E-state index in [9.17, 15) is 0 Å². The molecule has 1 saturated heterocycles. The molecule has 4 nitrogen and oxygen atoms in total. The normalized spacial score (nSPS) is 24.9. The highest BCUT2D eigenvalue weighted by atomic mass is 15.3. The van der Waals surface area contributed by atoms with Crippen LogP contribution >= 0.6 is 0 Å². The number of nitrogens with one attached hydrogen (secondary N) is 1.